The monoisotopic (exact) mass is 427 g/mol. The zero-order valence-electron chi connectivity index (χ0n) is 15.7. The number of carboxylic acid groups (broad SMARTS) is 2. The Bertz CT molecular complexity index is 1070. The van der Waals surface area contributed by atoms with Crippen LogP contribution in [0.15, 0.2) is 65.1 Å². The van der Waals surface area contributed by atoms with Gasteiger partial charge in [0.05, 0.1) is 6.42 Å². The van der Waals surface area contributed by atoms with Crippen LogP contribution in [0.2, 0.25) is 5.02 Å². The van der Waals surface area contributed by atoms with Gasteiger partial charge in [-0.1, -0.05) is 48.0 Å². The van der Waals surface area contributed by atoms with E-state index in [-0.39, 0.29) is 24.4 Å². The molecule has 0 aliphatic rings. The Balaban J connectivity index is 1.71. The quantitative estimate of drug-likeness (QED) is 0.498. The van der Waals surface area contributed by atoms with E-state index in [1.54, 1.807) is 6.07 Å². The average Bonchev–Trinajstić information content (AvgIpc) is 3.19. The Morgan fingerprint density at radius 2 is 1.63 bits per heavy atom. The van der Waals surface area contributed by atoms with Crippen LogP contribution in [-0.4, -0.2) is 34.1 Å². The van der Waals surface area contributed by atoms with Crippen LogP contribution >= 0.6 is 11.6 Å². The highest BCUT2D eigenvalue weighted by atomic mass is 35.5. The minimum absolute atomic E-state index is 0.195. The van der Waals surface area contributed by atoms with E-state index in [0.717, 1.165) is 22.8 Å². The molecule has 1 heterocycles. The number of carboxylic acids is 2. The van der Waals surface area contributed by atoms with Crippen molar-refractivity contribution in [1.29, 1.82) is 0 Å². The number of carbonyl (C=O) groups is 3. The van der Waals surface area contributed by atoms with E-state index < -0.39 is 23.9 Å². The largest absolute Gasteiger partial charge is 0.481 e. The van der Waals surface area contributed by atoms with Crippen molar-refractivity contribution in [2.75, 3.05) is 0 Å². The van der Waals surface area contributed by atoms with E-state index in [1.165, 1.54) is 6.07 Å². The van der Waals surface area contributed by atoms with Crippen LogP contribution in [0.25, 0.3) is 11.1 Å². The van der Waals surface area contributed by atoms with Crippen molar-refractivity contribution in [3.8, 4) is 11.1 Å². The minimum atomic E-state index is -1.30. The molecule has 0 aliphatic carbocycles. The first kappa shape index (κ1) is 21.1. The van der Waals surface area contributed by atoms with Crippen LogP contribution in [0, 0.1) is 0 Å². The third-order valence-electron chi connectivity index (χ3n) is 4.39. The van der Waals surface area contributed by atoms with E-state index in [2.05, 4.69) is 5.32 Å². The first-order valence-corrected chi connectivity index (χ1v) is 9.40. The molecule has 0 saturated heterocycles. The zero-order chi connectivity index (χ0) is 21.7. The van der Waals surface area contributed by atoms with Gasteiger partial charge in [0, 0.05) is 11.1 Å². The summed E-state index contributed by atoms with van der Waals surface area (Å²) in [5.74, 6) is -3.60. The molecular weight excluding hydrogens is 410 g/mol. The van der Waals surface area contributed by atoms with Gasteiger partial charge in [-0.15, -0.1) is 0 Å². The van der Waals surface area contributed by atoms with Gasteiger partial charge in [-0.2, -0.15) is 0 Å². The molecule has 8 heteroatoms. The second-order valence-electron chi connectivity index (χ2n) is 6.65. The second kappa shape index (κ2) is 9.28. The van der Waals surface area contributed by atoms with Crippen LogP contribution < -0.4 is 5.32 Å². The summed E-state index contributed by atoms with van der Waals surface area (Å²) in [7, 11) is 0. The second-order valence-corrected chi connectivity index (χ2v) is 7.09. The lowest BCUT2D eigenvalue weighted by Crippen LogP contribution is -2.38. The third kappa shape index (κ3) is 5.48. The molecule has 3 rings (SSSR count). The molecule has 1 aromatic heterocycles. The van der Waals surface area contributed by atoms with Crippen LogP contribution in [0.4, 0.5) is 0 Å². The van der Waals surface area contributed by atoms with Crippen LogP contribution in [-0.2, 0) is 11.2 Å². The lowest BCUT2D eigenvalue weighted by Gasteiger charge is -2.16. The summed E-state index contributed by atoms with van der Waals surface area (Å²) in [6.45, 7) is 0. The summed E-state index contributed by atoms with van der Waals surface area (Å²) in [4.78, 5) is 34.4. The molecule has 30 heavy (non-hydrogen) atoms. The molecule has 0 bridgehead atoms. The van der Waals surface area contributed by atoms with Gasteiger partial charge in [-0.05, 0) is 47.4 Å². The van der Waals surface area contributed by atoms with Gasteiger partial charge in [0.2, 0.25) is 5.76 Å². The molecule has 1 amide bonds. The van der Waals surface area contributed by atoms with Gasteiger partial charge in [-0.3, -0.25) is 9.59 Å². The summed E-state index contributed by atoms with van der Waals surface area (Å²) < 4.78 is 4.97. The first-order chi connectivity index (χ1) is 14.3. The van der Waals surface area contributed by atoms with E-state index in [4.69, 9.17) is 21.1 Å². The van der Waals surface area contributed by atoms with Crippen molar-refractivity contribution in [3.05, 3.63) is 82.8 Å². The SMILES string of the molecule is O=C(O)CC(Cc1ccc(-c2cccc(Cl)c2)cc1)NC(=O)c1ccc(C(=O)O)o1. The normalized spacial score (nSPS) is 11.6. The lowest BCUT2D eigenvalue weighted by atomic mass is 9.99. The number of rotatable bonds is 8. The first-order valence-electron chi connectivity index (χ1n) is 9.02. The summed E-state index contributed by atoms with van der Waals surface area (Å²) in [5.41, 5.74) is 2.74. The fraction of sp³-hybridized carbons (Fsp3) is 0.136. The molecule has 0 radical (unpaired) electrons. The lowest BCUT2D eigenvalue weighted by molar-refractivity contribution is -0.137. The molecule has 3 N–H and O–H groups in total. The Labute approximate surface area is 176 Å². The molecule has 1 atom stereocenters. The number of hydrogen-bond acceptors (Lipinski definition) is 4. The number of benzene rings is 2. The molecule has 0 spiro atoms. The molecule has 0 saturated carbocycles. The standard InChI is InChI=1S/C22H18ClNO6/c23-16-3-1-2-15(11-16)14-6-4-13(5-7-14)10-17(12-20(25)26)24-21(27)18-8-9-19(30-18)22(28)29/h1-9,11,17H,10,12H2,(H,24,27)(H,25,26)(H,28,29). The molecule has 2 aromatic carbocycles. The average molecular weight is 428 g/mol. The predicted molar refractivity (Wildman–Crippen MR) is 110 cm³/mol. The van der Waals surface area contributed by atoms with Crippen molar-refractivity contribution < 1.29 is 29.0 Å². The minimum Gasteiger partial charge on any atom is -0.481 e. The zero-order valence-corrected chi connectivity index (χ0v) is 16.4. The Morgan fingerprint density at radius 1 is 0.933 bits per heavy atom. The molecule has 1 unspecified atom stereocenters. The number of nitrogens with one attached hydrogen (secondary N) is 1. The molecule has 154 valence electrons. The van der Waals surface area contributed by atoms with E-state index in [1.807, 2.05) is 42.5 Å². The fourth-order valence-electron chi connectivity index (χ4n) is 3.00. The van der Waals surface area contributed by atoms with E-state index in [0.29, 0.717) is 5.02 Å². The highest BCUT2D eigenvalue weighted by Gasteiger charge is 2.21. The summed E-state index contributed by atoms with van der Waals surface area (Å²) in [6.07, 6.45) is -0.0192. The summed E-state index contributed by atoms with van der Waals surface area (Å²) >= 11 is 6.03. The number of carbonyl (C=O) groups excluding carboxylic acids is 1. The number of aliphatic carboxylic acids is 1. The van der Waals surface area contributed by atoms with Crippen LogP contribution in [0.1, 0.15) is 33.1 Å². The van der Waals surface area contributed by atoms with Crippen molar-refractivity contribution in [2.45, 2.75) is 18.9 Å². The van der Waals surface area contributed by atoms with Gasteiger partial charge in [-0.25, -0.2) is 4.79 Å². The number of aromatic carboxylic acids is 1. The van der Waals surface area contributed by atoms with Crippen LogP contribution in [0.5, 0.6) is 0 Å². The molecule has 0 fully saturated rings. The van der Waals surface area contributed by atoms with Gasteiger partial charge < -0.3 is 19.9 Å². The van der Waals surface area contributed by atoms with Crippen molar-refractivity contribution in [3.63, 3.8) is 0 Å². The molecular formula is C22H18ClNO6. The van der Waals surface area contributed by atoms with Gasteiger partial charge in [0.25, 0.3) is 5.91 Å². The fourth-order valence-corrected chi connectivity index (χ4v) is 3.19. The summed E-state index contributed by atoms with van der Waals surface area (Å²) in [6, 6.07) is 16.6. The molecule has 0 aliphatic heterocycles. The molecule has 3 aromatic rings. The van der Waals surface area contributed by atoms with E-state index >= 15 is 0 Å². The Kier molecular flexibility index (Phi) is 6.54. The predicted octanol–water partition coefficient (Wildman–Crippen LogP) is 4.11. The third-order valence-corrected chi connectivity index (χ3v) is 4.63. The summed E-state index contributed by atoms with van der Waals surface area (Å²) in [5, 5.41) is 21.3. The van der Waals surface area contributed by atoms with Gasteiger partial charge in [0.1, 0.15) is 0 Å². The number of halogens is 1. The van der Waals surface area contributed by atoms with Gasteiger partial charge in [0.15, 0.2) is 5.76 Å². The number of hydrogen-bond donors (Lipinski definition) is 3. The molecule has 7 nitrogen and oxygen atoms in total. The smallest absolute Gasteiger partial charge is 0.371 e. The number of furan rings is 1. The van der Waals surface area contributed by atoms with Gasteiger partial charge >= 0.3 is 11.9 Å². The maximum Gasteiger partial charge on any atom is 0.371 e. The van der Waals surface area contributed by atoms with Crippen molar-refractivity contribution >= 4 is 29.4 Å². The van der Waals surface area contributed by atoms with Crippen molar-refractivity contribution in [1.82, 2.24) is 5.32 Å². The van der Waals surface area contributed by atoms with E-state index in [9.17, 15) is 19.5 Å². The van der Waals surface area contributed by atoms with Crippen LogP contribution in [0.3, 0.4) is 0 Å². The Hall–Kier alpha value is -3.58. The maximum atomic E-state index is 12.3. The number of amides is 1. The topological polar surface area (TPSA) is 117 Å². The Morgan fingerprint density at radius 3 is 2.23 bits per heavy atom. The van der Waals surface area contributed by atoms with Crippen molar-refractivity contribution in [2.24, 2.45) is 0 Å². The maximum absolute atomic E-state index is 12.3. The highest BCUT2D eigenvalue weighted by Crippen LogP contribution is 2.23. The highest BCUT2D eigenvalue weighted by molar-refractivity contribution is 6.30.